The molecule has 0 aromatic heterocycles. The van der Waals surface area contributed by atoms with Crippen LogP contribution >= 0.6 is 27.5 Å². The number of benzene rings is 1. The Morgan fingerprint density at radius 2 is 2.21 bits per heavy atom. The topological polar surface area (TPSA) is 0 Å². The summed E-state index contributed by atoms with van der Waals surface area (Å²) in [6, 6.07) is 4.82. The number of hydrogen-bond donors (Lipinski definition) is 0. The largest absolute Gasteiger partial charge is 0.207 e. The van der Waals surface area contributed by atoms with Crippen molar-refractivity contribution in [1.82, 2.24) is 0 Å². The summed E-state index contributed by atoms with van der Waals surface area (Å²) >= 11 is 9.42. The summed E-state index contributed by atoms with van der Waals surface area (Å²) in [6.45, 7) is 2.10. The van der Waals surface area contributed by atoms with Crippen molar-refractivity contribution in [1.29, 1.82) is 0 Å². The van der Waals surface area contributed by atoms with Gasteiger partial charge in [-0.25, -0.2) is 4.39 Å². The number of rotatable bonds is 4. The molecule has 0 nitrogen and oxygen atoms in total. The van der Waals surface area contributed by atoms with Crippen LogP contribution in [0.5, 0.6) is 0 Å². The van der Waals surface area contributed by atoms with Gasteiger partial charge in [-0.3, -0.25) is 0 Å². The van der Waals surface area contributed by atoms with Crippen LogP contribution in [0.15, 0.2) is 18.2 Å². The van der Waals surface area contributed by atoms with E-state index in [1.807, 2.05) is 0 Å². The molecule has 0 radical (unpaired) electrons. The molecule has 1 unspecified atom stereocenters. The zero-order chi connectivity index (χ0) is 10.6. The van der Waals surface area contributed by atoms with Crippen LogP contribution in [0.1, 0.15) is 25.3 Å². The predicted octanol–water partition coefficient (Wildman–Crippen LogP) is 4.59. The molecule has 14 heavy (non-hydrogen) atoms. The average molecular weight is 280 g/mol. The Hall–Kier alpha value is -0.0800. The van der Waals surface area contributed by atoms with Crippen LogP contribution in [0.4, 0.5) is 4.39 Å². The Kier molecular flexibility index (Phi) is 4.90. The summed E-state index contributed by atoms with van der Waals surface area (Å²) in [5.74, 6) is -0.201. The van der Waals surface area contributed by atoms with Crippen molar-refractivity contribution < 1.29 is 4.39 Å². The zero-order valence-electron chi connectivity index (χ0n) is 8.06. The maximum Gasteiger partial charge on any atom is 0.127 e. The summed E-state index contributed by atoms with van der Waals surface area (Å²) in [6.07, 6.45) is 2.65. The van der Waals surface area contributed by atoms with E-state index in [0.717, 1.165) is 12.8 Å². The van der Waals surface area contributed by atoms with Gasteiger partial charge in [-0.2, -0.15) is 0 Å². The summed E-state index contributed by atoms with van der Waals surface area (Å²) in [4.78, 5) is 0.443. The van der Waals surface area contributed by atoms with Crippen LogP contribution in [0.25, 0.3) is 0 Å². The Labute approximate surface area is 97.6 Å². The number of hydrogen-bond acceptors (Lipinski definition) is 0. The van der Waals surface area contributed by atoms with Crippen molar-refractivity contribution in [2.24, 2.45) is 0 Å². The molecule has 0 heterocycles. The standard InChI is InChI=1S/C11H13BrClF/c1-2-8(12)6-7-9-10(13)4-3-5-11(9)14/h3-5,8H,2,6-7H2,1H3. The average Bonchev–Trinajstić information content (AvgIpc) is 2.16. The third-order valence-corrected chi connectivity index (χ3v) is 3.67. The Morgan fingerprint density at radius 1 is 1.50 bits per heavy atom. The lowest BCUT2D eigenvalue weighted by molar-refractivity contribution is 0.601. The van der Waals surface area contributed by atoms with E-state index in [-0.39, 0.29) is 5.82 Å². The molecule has 78 valence electrons. The third kappa shape index (κ3) is 3.25. The second-order valence-corrected chi connectivity index (χ2v) is 4.95. The molecule has 0 bridgehead atoms. The van der Waals surface area contributed by atoms with Crippen LogP contribution in [0, 0.1) is 5.82 Å². The van der Waals surface area contributed by atoms with Gasteiger partial charge >= 0.3 is 0 Å². The lowest BCUT2D eigenvalue weighted by Gasteiger charge is -2.08. The monoisotopic (exact) mass is 278 g/mol. The van der Waals surface area contributed by atoms with Crippen LogP contribution in [-0.2, 0) is 6.42 Å². The van der Waals surface area contributed by atoms with Crippen LogP contribution in [0.2, 0.25) is 5.02 Å². The van der Waals surface area contributed by atoms with Gasteiger partial charge in [-0.15, -0.1) is 0 Å². The maximum atomic E-state index is 13.3. The predicted molar refractivity (Wildman–Crippen MR) is 62.7 cm³/mol. The highest BCUT2D eigenvalue weighted by Crippen LogP contribution is 2.22. The fraction of sp³-hybridized carbons (Fsp3) is 0.455. The van der Waals surface area contributed by atoms with Gasteiger partial charge in [-0.05, 0) is 31.4 Å². The minimum atomic E-state index is -0.201. The van der Waals surface area contributed by atoms with Crippen molar-refractivity contribution >= 4 is 27.5 Å². The van der Waals surface area contributed by atoms with Crippen molar-refractivity contribution in [3.63, 3.8) is 0 Å². The maximum absolute atomic E-state index is 13.3. The van der Waals surface area contributed by atoms with Crippen molar-refractivity contribution in [2.45, 2.75) is 31.0 Å². The highest BCUT2D eigenvalue weighted by atomic mass is 79.9. The molecule has 0 aliphatic rings. The molecule has 0 N–H and O–H groups in total. The van der Waals surface area contributed by atoms with Gasteiger partial charge in [-0.1, -0.05) is 40.5 Å². The molecule has 0 aliphatic carbocycles. The molecule has 1 aromatic carbocycles. The SMILES string of the molecule is CCC(Br)CCc1c(F)cccc1Cl. The van der Waals surface area contributed by atoms with Crippen LogP contribution in [-0.4, -0.2) is 4.83 Å². The van der Waals surface area contributed by atoms with Gasteiger partial charge in [0.1, 0.15) is 5.82 Å². The number of halogens is 3. The van der Waals surface area contributed by atoms with Crippen LogP contribution in [0.3, 0.4) is 0 Å². The van der Waals surface area contributed by atoms with Gasteiger partial charge in [0.05, 0.1) is 0 Å². The third-order valence-electron chi connectivity index (χ3n) is 2.21. The molecular formula is C11H13BrClF. The van der Waals surface area contributed by atoms with Crippen molar-refractivity contribution in [3.8, 4) is 0 Å². The molecule has 1 aromatic rings. The fourth-order valence-corrected chi connectivity index (χ4v) is 1.76. The molecular weight excluding hydrogens is 266 g/mol. The van der Waals surface area contributed by atoms with E-state index >= 15 is 0 Å². The first kappa shape index (κ1) is 12.0. The van der Waals surface area contributed by atoms with E-state index < -0.39 is 0 Å². The first-order chi connectivity index (χ1) is 6.65. The second kappa shape index (κ2) is 5.72. The van der Waals surface area contributed by atoms with Crippen molar-refractivity contribution in [2.75, 3.05) is 0 Å². The van der Waals surface area contributed by atoms with E-state index in [2.05, 4.69) is 22.9 Å². The smallest absolute Gasteiger partial charge is 0.127 e. The number of alkyl halides is 1. The lowest BCUT2D eigenvalue weighted by Crippen LogP contribution is -2.00. The Balaban J connectivity index is 2.66. The van der Waals surface area contributed by atoms with E-state index in [1.165, 1.54) is 6.07 Å². The molecule has 0 amide bonds. The quantitative estimate of drug-likeness (QED) is 0.707. The van der Waals surface area contributed by atoms with Gasteiger partial charge in [0.25, 0.3) is 0 Å². The van der Waals surface area contributed by atoms with E-state index in [4.69, 9.17) is 11.6 Å². The molecule has 0 saturated heterocycles. The summed E-state index contributed by atoms with van der Waals surface area (Å²) in [5.41, 5.74) is 0.632. The molecule has 0 aliphatic heterocycles. The van der Waals surface area contributed by atoms with Gasteiger partial charge in [0, 0.05) is 15.4 Å². The summed E-state index contributed by atoms with van der Waals surface area (Å²) < 4.78 is 13.3. The molecule has 0 spiro atoms. The molecule has 3 heteroatoms. The van der Waals surface area contributed by atoms with Crippen molar-refractivity contribution in [3.05, 3.63) is 34.6 Å². The Bertz CT molecular complexity index is 281. The zero-order valence-corrected chi connectivity index (χ0v) is 10.4. The minimum absolute atomic E-state index is 0.201. The van der Waals surface area contributed by atoms with Gasteiger partial charge < -0.3 is 0 Å². The second-order valence-electron chi connectivity index (χ2n) is 3.24. The summed E-state index contributed by atoms with van der Waals surface area (Å²) in [7, 11) is 0. The molecule has 1 atom stereocenters. The fourth-order valence-electron chi connectivity index (χ4n) is 1.28. The molecule has 0 saturated carbocycles. The Morgan fingerprint density at radius 3 is 2.79 bits per heavy atom. The minimum Gasteiger partial charge on any atom is -0.207 e. The van der Waals surface area contributed by atoms with E-state index in [9.17, 15) is 4.39 Å². The molecule has 0 fully saturated rings. The van der Waals surface area contributed by atoms with E-state index in [1.54, 1.807) is 12.1 Å². The summed E-state index contributed by atoms with van der Waals surface area (Å²) in [5, 5.41) is 0.529. The van der Waals surface area contributed by atoms with E-state index in [0.29, 0.717) is 21.8 Å². The first-order valence-corrected chi connectivity index (χ1v) is 6.01. The highest BCUT2D eigenvalue weighted by molar-refractivity contribution is 9.09. The first-order valence-electron chi connectivity index (χ1n) is 4.72. The van der Waals surface area contributed by atoms with Crippen LogP contribution < -0.4 is 0 Å². The van der Waals surface area contributed by atoms with Gasteiger partial charge in [0.2, 0.25) is 0 Å². The lowest BCUT2D eigenvalue weighted by atomic mass is 10.1. The van der Waals surface area contributed by atoms with Gasteiger partial charge in [0.15, 0.2) is 0 Å². The normalized spacial score (nSPS) is 12.9. The highest BCUT2D eigenvalue weighted by Gasteiger charge is 2.08. The molecule has 1 rings (SSSR count).